The summed E-state index contributed by atoms with van der Waals surface area (Å²) in [7, 11) is 3.97. The van der Waals surface area contributed by atoms with Crippen LogP contribution in [0.5, 0.6) is 0 Å². The number of nitrogens with zero attached hydrogens (tertiary/aromatic N) is 3. The van der Waals surface area contributed by atoms with Crippen molar-refractivity contribution in [3.8, 4) is 0 Å². The van der Waals surface area contributed by atoms with Crippen molar-refractivity contribution in [3.63, 3.8) is 0 Å². The third-order valence-electron chi connectivity index (χ3n) is 1.98. The van der Waals surface area contributed by atoms with Gasteiger partial charge < -0.3 is 14.2 Å². The lowest BCUT2D eigenvalue weighted by molar-refractivity contribution is 0.0513. The third kappa shape index (κ3) is 3.36. The van der Waals surface area contributed by atoms with Gasteiger partial charge in [0, 0.05) is 13.1 Å². The number of likely N-dealkylation sites (N-methyl/N-ethyl adjacent to an activating group) is 1. The zero-order valence-electron chi connectivity index (χ0n) is 9.43. The summed E-state index contributed by atoms with van der Waals surface area (Å²) in [5, 5.41) is 0. The van der Waals surface area contributed by atoms with Crippen LogP contribution in [-0.2, 0) is 11.3 Å². The fourth-order valence-corrected chi connectivity index (χ4v) is 1.18. The van der Waals surface area contributed by atoms with Crippen LogP contribution in [0.15, 0.2) is 12.5 Å². The van der Waals surface area contributed by atoms with Crippen LogP contribution < -0.4 is 0 Å². The van der Waals surface area contributed by atoms with E-state index >= 15 is 0 Å². The molecule has 0 amide bonds. The Morgan fingerprint density at radius 1 is 1.60 bits per heavy atom. The van der Waals surface area contributed by atoms with Crippen LogP contribution in [0, 0.1) is 0 Å². The Bertz CT molecular complexity index is 320. The fourth-order valence-electron chi connectivity index (χ4n) is 1.18. The highest BCUT2D eigenvalue weighted by Crippen LogP contribution is 2.02. The summed E-state index contributed by atoms with van der Waals surface area (Å²) in [6, 6.07) is 0. The van der Waals surface area contributed by atoms with Gasteiger partial charge in [0.25, 0.3) is 0 Å². The second-order valence-electron chi connectivity index (χ2n) is 3.50. The maximum absolute atomic E-state index is 11.5. The summed E-state index contributed by atoms with van der Waals surface area (Å²) in [6.07, 6.45) is 3.18. The molecule has 0 aliphatic heterocycles. The van der Waals surface area contributed by atoms with Crippen molar-refractivity contribution < 1.29 is 9.53 Å². The molecule has 0 aromatic carbocycles. The number of hydrogen-bond donors (Lipinski definition) is 0. The summed E-state index contributed by atoms with van der Waals surface area (Å²) in [6.45, 7) is 3.78. The molecule has 0 bridgehead atoms. The first-order valence-corrected chi connectivity index (χ1v) is 4.97. The van der Waals surface area contributed by atoms with E-state index in [1.54, 1.807) is 17.8 Å². The van der Waals surface area contributed by atoms with Crippen molar-refractivity contribution >= 4 is 5.97 Å². The number of hydrogen-bond acceptors (Lipinski definition) is 4. The number of aromatic nitrogens is 2. The van der Waals surface area contributed by atoms with E-state index in [4.69, 9.17) is 4.74 Å². The van der Waals surface area contributed by atoms with E-state index in [2.05, 4.69) is 9.88 Å². The van der Waals surface area contributed by atoms with E-state index in [0.717, 1.165) is 13.1 Å². The number of carbonyl (C=O) groups excluding carboxylic acids is 1. The van der Waals surface area contributed by atoms with Gasteiger partial charge in [0.1, 0.15) is 5.69 Å². The first kappa shape index (κ1) is 11.7. The van der Waals surface area contributed by atoms with Gasteiger partial charge >= 0.3 is 5.97 Å². The smallest absolute Gasteiger partial charge is 0.356 e. The first-order chi connectivity index (χ1) is 7.15. The third-order valence-corrected chi connectivity index (χ3v) is 1.98. The molecule has 5 heteroatoms. The summed E-state index contributed by atoms with van der Waals surface area (Å²) in [5.41, 5.74) is 0.513. The molecule has 0 saturated heterocycles. The number of ether oxygens (including phenoxy) is 1. The largest absolute Gasteiger partial charge is 0.461 e. The van der Waals surface area contributed by atoms with Gasteiger partial charge in [-0.1, -0.05) is 0 Å². The van der Waals surface area contributed by atoms with Crippen molar-refractivity contribution in [2.24, 2.45) is 0 Å². The van der Waals surface area contributed by atoms with Gasteiger partial charge in [-0.05, 0) is 21.0 Å². The zero-order valence-corrected chi connectivity index (χ0v) is 9.43. The number of esters is 1. The topological polar surface area (TPSA) is 47.4 Å². The Kier molecular flexibility index (Phi) is 4.30. The van der Waals surface area contributed by atoms with Crippen molar-refractivity contribution in [2.45, 2.75) is 13.5 Å². The van der Waals surface area contributed by atoms with E-state index in [9.17, 15) is 4.79 Å². The number of rotatable bonds is 5. The van der Waals surface area contributed by atoms with Gasteiger partial charge in [0.15, 0.2) is 0 Å². The lowest BCUT2D eigenvalue weighted by Gasteiger charge is -2.11. The highest BCUT2D eigenvalue weighted by Gasteiger charge is 2.12. The second kappa shape index (κ2) is 5.50. The molecule has 1 aromatic rings. The van der Waals surface area contributed by atoms with Crippen molar-refractivity contribution in [1.29, 1.82) is 0 Å². The van der Waals surface area contributed by atoms with Gasteiger partial charge in [0.05, 0.1) is 19.1 Å². The molecule has 0 spiro atoms. The molecular formula is C10H17N3O2. The standard InChI is InChI=1S/C10H17N3O2/c1-4-15-10(14)9-7-11-8-13(9)6-5-12(2)3/h7-8H,4-6H2,1-3H3. The average molecular weight is 211 g/mol. The molecule has 84 valence electrons. The van der Waals surface area contributed by atoms with E-state index in [1.807, 2.05) is 14.1 Å². The van der Waals surface area contributed by atoms with Crippen LogP contribution >= 0.6 is 0 Å². The maximum atomic E-state index is 11.5. The number of imidazole rings is 1. The summed E-state index contributed by atoms with van der Waals surface area (Å²) in [5.74, 6) is -0.311. The quantitative estimate of drug-likeness (QED) is 0.670. The minimum Gasteiger partial charge on any atom is -0.461 e. The monoisotopic (exact) mass is 211 g/mol. The van der Waals surface area contributed by atoms with Crippen molar-refractivity contribution in [1.82, 2.24) is 14.5 Å². The molecule has 15 heavy (non-hydrogen) atoms. The molecule has 1 heterocycles. The van der Waals surface area contributed by atoms with Crippen LogP contribution in [0.2, 0.25) is 0 Å². The minimum atomic E-state index is -0.311. The predicted octanol–water partition coefficient (Wildman–Crippen LogP) is 0.621. The molecule has 1 aromatic heterocycles. The van der Waals surface area contributed by atoms with Crippen LogP contribution in [0.25, 0.3) is 0 Å². The van der Waals surface area contributed by atoms with Crippen LogP contribution in [0.4, 0.5) is 0 Å². The second-order valence-corrected chi connectivity index (χ2v) is 3.50. The average Bonchev–Trinajstić information content (AvgIpc) is 2.62. The fraction of sp³-hybridized carbons (Fsp3) is 0.600. The van der Waals surface area contributed by atoms with Gasteiger partial charge in [0.2, 0.25) is 0 Å². The van der Waals surface area contributed by atoms with E-state index in [1.165, 1.54) is 6.20 Å². The van der Waals surface area contributed by atoms with E-state index in [-0.39, 0.29) is 5.97 Å². The molecule has 0 N–H and O–H groups in total. The minimum absolute atomic E-state index is 0.311. The molecule has 0 aliphatic carbocycles. The molecular weight excluding hydrogens is 194 g/mol. The van der Waals surface area contributed by atoms with Gasteiger partial charge in [-0.2, -0.15) is 0 Å². The lowest BCUT2D eigenvalue weighted by Crippen LogP contribution is -2.20. The Labute approximate surface area is 89.7 Å². The molecule has 0 atom stereocenters. The van der Waals surface area contributed by atoms with Gasteiger partial charge in [-0.25, -0.2) is 9.78 Å². The SMILES string of the molecule is CCOC(=O)c1cncn1CCN(C)C. The van der Waals surface area contributed by atoms with Gasteiger partial charge in [-0.15, -0.1) is 0 Å². The Morgan fingerprint density at radius 2 is 2.33 bits per heavy atom. The molecule has 5 nitrogen and oxygen atoms in total. The van der Waals surface area contributed by atoms with Crippen LogP contribution in [0.1, 0.15) is 17.4 Å². The normalized spacial score (nSPS) is 10.7. The van der Waals surface area contributed by atoms with Gasteiger partial charge in [-0.3, -0.25) is 0 Å². The summed E-state index contributed by atoms with van der Waals surface area (Å²) in [4.78, 5) is 17.5. The predicted molar refractivity (Wildman–Crippen MR) is 56.7 cm³/mol. The van der Waals surface area contributed by atoms with E-state index in [0.29, 0.717) is 12.3 Å². The van der Waals surface area contributed by atoms with E-state index < -0.39 is 0 Å². The molecule has 0 saturated carbocycles. The highest BCUT2D eigenvalue weighted by atomic mass is 16.5. The molecule has 0 fully saturated rings. The van der Waals surface area contributed by atoms with Crippen LogP contribution in [0.3, 0.4) is 0 Å². The first-order valence-electron chi connectivity index (χ1n) is 4.97. The lowest BCUT2D eigenvalue weighted by atomic mass is 10.4. The zero-order chi connectivity index (χ0) is 11.3. The van der Waals surface area contributed by atoms with Crippen LogP contribution in [-0.4, -0.2) is 47.7 Å². The maximum Gasteiger partial charge on any atom is 0.356 e. The Hall–Kier alpha value is -1.36. The molecule has 0 unspecified atom stereocenters. The molecule has 0 radical (unpaired) electrons. The van der Waals surface area contributed by atoms with Crippen molar-refractivity contribution in [3.05, 3.63) is 18.2 Å². The Balaban J connectivity index is 2.64. The Morgan fingerprint density at radius 3 is 2.93 bits per heavy atom. The molecule has 1 rings (SSSR count). The molecule has 0 aliphatic rings. The number of carbonyl (C=O) groups is 1. The summed E-state index contributed by atoms with van der Waals surface area (Å²) >= 11 is 0. The highest BCUT2D eigenvalue weighted by molar-refractivity contribution is 5.87. The summed E-state index contributed by atoms with van der Waals surface area (Å²) < 4.78 is 6.72. The van der Waals surface area contributed by atoms with Crippen molar-refractivity contribution in [2.75, 3.05) is 27.2 Å².